The second-order valence-corrected chi connectivity index (χ2v) is 6.26. The molecule has 130 valence electrons. The van der Waals surface area contributed by atoms with Crippen LogP contribution in [-0.2, 0) is 0 Å². The number of hydrogen-bond donors (Lipinski definition) is 1. The summed E-state index contributed by atoms with van der Waals surface area (Å²) in [6.45, 7) is 2.55. The van der Waals surface area contributed by atoms with Gasteiger partial charge >= 0.3 is 0 Å². The summed E-state index contributed by atoms with van der Waals surface area (Å²) in [5.74, 6) is 1.19. The van der Waals surface area contributed by atoms with Crippen molar-refractivity contribution in [1.82, 2.24) is 5.43 Å². The number of carbonyl (C=O) groups excluding carboxylic acids is 1. The van der Waals surface area contributed by atoms with Gasteiger partial charge in [-0.05, 0) is 68.4 Å². The van der Waals surface area contributed by atoms with Crippen molar-refractivity contribution in [2.75, 3.05) is 6.61 Å². The Morgan fingerprint density at radius 2 is 1.76 bits per heavy atom. The minimum absolute atomic E-state index is 0.180. The third-order valence-corrected chi connectivity index (χ3v) is 4.58. The molecule has 1 saturated carbocycles. The number of nitrogens with zero attached hydrogens (tertiary/aromatic N) is 1. The van der Waals surface area contributed by atoms with E-state index in [1.807, 2.05) is 6.92 Å². The minimum Gasteiger partial charge on any atom is -0.494 e. The monoisotopic (exact) mass is 336 g/mol. The Morgan fingerprint density at radius 3 is 2.40 bits per heavy atom. The van der Waals surface area contributed by atoms with Crippen LogP contribution in [0.1, 0.15) is 54.4 Å². The first-order valence-electron chi connectivity index (χ1n) is 8.90. The van der Waals surface area contributed by atoms with Crippen molar-refractivity contribution in [2.24, 2.45) is 5.10 Å². The molecular formula is C21H24N2O2. The maximum atomic E-state index is 12.2. The van der Waals surface area contributed by atoms with Crippen LogP contribution in [0, 0.1) is 0 Å². The Hall–Kier alpha value is -2.62. The molecule has 1 fully saturated rings. The van der Waals surface area contributed by atoms with Crippen LogP contribution in [0.4, 0.5) is 0 Å². The van der Waals surface area contributed by atoms with Crippen LogP contribution in [0.3, 0.4) is 0 Å². The molecule has 0 heterocycles. The first-order valence-corrected chi connectivity index (χ1v) is 8.90. The fraction of sp³-hybridized carbons (Fsp3) is 0.333. The molecule has 1 aliphatic carbocycles. The molecule has 25 heavy (non-hydrogen) atoms. The van der Waals surface area contributed by atoms with Crippen LogP contribution < -0.4 is 10.2 Å². The summed E-state index contributed by atoms with van der Waals surface area (Å²) in [7, 11) is 0. The molecule has 0 unspecified atom stereocenters. The molecule has 2 aromatic carbocycles. The van der Waals surface area contributed by atoms with Crippen molar-refractivity contribution in [2.45, 2.75) is 38.5 Å². The molecule has 4 nitrogen and oxygen atoms in total. The lowest BCUT2D eigenvalue weighted by atomic mass is 9.83. The molecule has 1 amide bonds. The number of carbonyl (C=O) groups is 1. The van der Waals surface area contributed by atoms with Gasteiger partial charge in [-0.25, -0.2) is 5.43 Å². The van der Waals surface area contributed by atoms with Crippen molar-refractivity contribution >= 4 is 11.6 Å². The molecule has 0 aromatic heterocycles. The first-order chi connectivity index (χ1) is 12.3. The van der Waals surface area contributed by atoms with E-state index in [4.69, 9.17) is 4.74 Å². The molecule has 2 aromatic rings. The molecule has 1 N–H and O–H groups in total. The van der Waals surface area contributed by atoms with Crippen LogP contribution in [0.25, 0.3) is 0 Å². The zero-order valence-electron chi connectivity index (χ0n) is 14.6. The van der Waals surface area contributed by atoms with Crippen LogP contribution >= 0.6 is 0 Å². The van der Waals surface area contributed by atoms with E-state index in [-0.39, 0.29) is 5.91 Å². The summed E-state index contributed by atoms with van der Waals surface area (Å²) in [5.41, 5.74) is 5.75. The van der Waals surface area contributed by atoms with E-state index in [2.05, 4.69) is 40.9 Å². The van der Waals surface area contributed by atoms with Gasteiger partial charge in [0.2, 0.25) is 0 Å². The highest BCUT2D eigenvalue weighted by molar-refractivity contribution is 5.95. The third-order valence-electron chi connectivity index (χ3n) is 4.58. The highest BCUT2D eigenvalue weighted by Gasteiger charge is 2.19. The number of amides is 1. The SMILES string of the molecule is CCOc1ccc(C(=O)NN=C2CCC(c3ccccc3)CC2)cc1. The molecule has 0 atom stereocenters. The van der Waals surface area contributed by atoms with Gasteiger partial charge in [-0.3, -0.25) is 4.79 Å². The Labute approximate surface area is 148 Å². The van der Waals surface area contributed by atoms with Crippen LogP contribution in [0.2, 0.25) is 0 Å². The van der Waals surface area contributed by atoms with Gasteiger partial charge in [0.05, 0.1) is 6.61 Å². The van der Waals surface area contributed by atoms with E-state index < -0.39 is 0 Å². The number of ether oxygens (including phenoxy) is 1. The van der Waals surface area contributed by atoms with Gasteiger partial charge in [-0.15, -0.1) is 0 Å². The zero-order chi connectivity index (χ0) is 17.5. The fourth-order valence-corrected chi connectivity index (χ4v) is 3.18. The fourth-order valence-electron chi connectivity index (χ4n) is 3.18. The molecular weight excluding hydrogens is 312 g/mol. The van der Waals surface area contributed by atoms with E-state index in [1.54, 1.807) is 24.3 Å². The van der Waals surface area contributed by atoms with Gasteiger partial charge in [0.15, 0.2) is 0 Å². The quantitative estimate of drug-likeness (QED) is 0.816. The predicted molar refractivity (Wildman–Crippen MR) is 100 cm³/mol. The maximum Gasteiger partial charge on any atom is 0.271 e. The highest BCUT2D eigenvalue weighted by atomic mass is 16.5. The van der Waals surface area contributed by atoms with E-state index in [1.165, 1.54) is 5.56 Å². The maximum absolute atomic E-state index is 12.2. The van der Waals surface area contributed by atoms with Crippen LogP contribution in [-0.4, -0.2) is 18.2 Å². The Kier molecular flexibility index (Phi) is 5.83. The van der Waals surface area contributed by atoms with Crippen molar-refractivity contribution in [3.8, 4) is 5.75 Å². The molecule has 3 rings (SSSR count). The largest absolute Gasteiger partial charge is 0.494 e. The summed E-state index contributed by atoms with van der Waals surface area (Å²) in [6.07, 6.45) is 4.04. The number of hydrazone groups is 1. The van der Waals surface area contributed by atoms with E-state index in [0.717, 1.165) is 37.1 Å². The summed E-state index contributed by atoms with van der Waals surface area (Å²) in [6, 6.07) is 17.7. The molecule has 0 radical (unpaired) electrons. The lowest BCUT2D eigenvalue weighted by Crippen LogP contribution is -2.22. The van der Waals surface area contributed by atoms with Gasteiger partial charge in [0.1, 0.15) is 5.75 Å². The number of hydrogen-bond acceptors (Lipinski definition) is 3. The smallest absolute Gasteiger partial charge is 0.271 e. The van der Waals surface area contributed by atoms with Gasteiger partial charge in [0, 0.05) is 11.3 Å². The van der Waals surface area contributed by atoms with Crippen LogP contribution in [0.5, 0.6) is 5.75 Å². The molecule has 0 saturated heterocycles. The van der Waals surface area contributed by atoms with Crippen molar-refractivity contribution in [3.05, 3.63) is 65.7 Å². The summed E-state index contributed by atoms with van der Waals surface area (Å²) >= 11 is 0. The van der Waals surface area contributed by atoms with E-state index in [0.29, 0.717) is 18.1 Å². The Balaban J connectivity index is 1.52. The van der Waals surface area contributed by atoms with Crippen molar-refractivity contribution < 1.29 is 9.53 Å². The number of nitrogens with one attached hydrogen (secondary N) is 1. The minimum atomic E-state index is -0.180. The molecule has 0 spiro atoms. The normalized spacial score (nSPS) is 17.0. The van der Waals surface area contributed by atoms with Gasteiger partial charge in [-0.1, -0.05) is 30.3 Å². The summed E-state index contributed by atoms with van der Waals surface area (Å²) in [4.78, 5) is 12.2. The lowest BCUT2D eigenvalue weighted by molar-refractivity contribution is 0.0954. The average Bonchev–Trinajstić information content (AvgIpc) is 2.68. The van der Waals surface area contributed by atoms with Crippen LogP contribution in [0.15, 0.2) is 59.7 Å². The molecule has 4 heteroatoms. The van der Waals surface area contributed by atoms with Gasteiger partial charge in [-0.2, -0.15) is 5.10 Å². The van der Waals surface area contributed by atoms with Crippen molar-refractivity contribution in [3.63, 3.8) is 0 Å². The Morgan fingerprint density at radius 1 is 1.08 bits per heavy atom. The van der Waals surface area contributed by atoms with Crippen molar-refractivity contribution in [1.29, 1.82) is 0 Å². The standard InChI is InChI=1S/C21H24N2O2/c1-2-25-20-14-10-18(11-15-20)21(24)23-22-19-12-8-17(9-13-19)16-6-4-3-5-7-16/h3-7,10-11,14-15,17H,2,8-9,12-13H2,1H3,(H,23,24). The molecule has 0 bridgehead atoms. The van der Waals surface area contributed by atoms with Gasteiger partial charge in [0.25, 0.3) is 5.91 Å². The van der Waals surface area contributed by atoms with Gasteiger partial charge < -0.3 is 4.74 Å². The number of rotatable bonds is 5. The highest BCUT2D eigenvalue weighted by Crippen LogP contribution is 2.31. The second kappa shape index (κ2) is 8.47. The average molecular weight is 336 g/mol. The summed E-state index contributed by atoms with van der Waals surface area (Å²) < 4.78 is 5.38. The predicted octanol–water partition coefficient (Wildman–Crippen LogP) is 4.53. The lowest BCUT2D eigenvalue weighted by Gasteiger charge is -2.23. The number of benzene rings is 2. The topological polar surface area (TPSA) is 50.7 Å². The van der Waals surface area contributed by atoms with E-state index >= 15 is 0 Å². The van der Waals surface area contributed by atoms with E-state index in [9.17, 15) is 4.79 Å². The zero-order valence-corrected chi connectivity index (χ0v) is 14.6. The third kappa shape index (κ3) is 4.69. The molecule has 0 aliphatic heterocycles. The molecule has 1 aliphatic rings. The first kappa shape index (κ1) is 17.2. The second-order valence-electron chi connectivity index (χ2n) is 6.26. The summed E-state index contributed by atoms with van der Waals surface area (Å²) in [5, 5.41) is 4.33. The Bertz CT molecular complexity index is 713.